The Labute approximate surface area is 196 Å². The van der Waals surface area contributed by atoms with Crippen LogP contribution in [0.2, 0.25) is 0 Å². The Kier molecular flexibility index (Phi) is 7.00. The quantitative estimate of drug-likeness (QED) is 0.325. The average molecular weight is 460 g/mol. The number of thioether (sulfide) groups is 1. The third-order valence-corrected chi connectivity index (χ3v) is 6.58. The molecule has 1 aromatic heterocycles. The molecule has 0 radical (unpaired) electrons. The maximum Gasteiger partial charge on any atom is 0.252 e. The fourth-order valence-corrected chi connectivity index (χ4v) is 4.63. The van der Waals surface area contributed by atoms with E-state index in [4.69, 9.17) is 10.5 Å². The molecule has 4 rings (SSSR count). The fourth-order valence-electron chi connectivity index (χ4n) is 3.84. The van der Waals surface area contributed by atoms with Crippen molar-refractivity contribution in [1.29, 1.82) is 0 Å². The Bertz CT molecular complexity index is 1270. The molecule has 4 aromatic rings. The van der Waals surface area contributed by atoms with E-state index in [2.05, 4.69) is 16.4 Å². The van der Waals surface area contributed by atoms with Crippen LogP contribution in [0.3, 0.4) is 0 Å². The molecule has 0 saturated heterocycles. The predicted octanol–water partition coefficient (Wildman–Crippen LogP) is 4.32. The molecule has 33 heavy (non-hydrogen) atoms. The lowest BCUT2D eigenvalue weighted by molar-refractivity contribution is -0.115. The first-order valence-corrected chi connectivity index (χ1v) is 11.5. The predicted molar refractivity (Wildman–Crippen MR) is 132 cm³/mol. The number of carbonyl (C=O) groups is 2. The number of hydrogen-bond donors (Lipinski definition) is 3. The summed E-state index contributed by atoms with van der Waals surface area (Å²) >= 11 is 1.26. The van der Waals surface area contributed by atoms with Crippen LogP contribution in [0.1, 0.15) is 27.4 Å². The molecule has 4 N–H and O–H groups in total. The van der Waals surface area contributed by atoms with Crippen molar-refractivity contribution in [3.63, 3.8) is 0 Å². The van der Waals surface area contributed by atoms with Gasteiger partial charge in [-0.2, -0.15) is 0 Å². The van der Waals surface area contributed by atoms with Gasteiger partial charge < -0.3 is 20.8 Å². The Hall–Kier alpha value is -3.71. The van der Waals surface area contributed by atoms with Gasteiger partial charge >= 0.3 is 0 Å². The van der Waals surface area contributed by atoms with Crippen LogP contribution >= 0.6 is 11.8 Å². The number of para-hydroxylation sites is 1. The Morgan fingerprint density at radius 1 is 1.03 bits per heavy atom. The van der Waals surface area contributed by atoms with Crippen molar-refractivity contribution in [2.45, 2.75) is 10.8 Å². The molecule has 1 heterocycles. The van der Waals surface area contributed by atoms with Crippen molar-refractivity contribution >= 4 is 34.5 Å². The molecule has 0 saturated carbocycles. The van der Waals surface area contributed by atoms with Crippen LogP contribution in [0, 0.1) is 0 Å². The summed E-state index contributed by atoms with van der Waals surface area (Å²) in [7, 11) is 1.64. The molecular formula is C26H25N3O3S. The van der Waals surface area contributed by atoms with E-state index in [1.807, 2.05) is 66.9 Å². The fraction of sp³-hybridized carbons (Fsp3) is 0.154. The lowest BCUT2D eigenvalue weighted by Crippen LogP contribution is -2.29. The molecule has 0 spiro atoms. The molecule has 6 nitrogen and oxygen atoms in total. The normalized spacial score (nSPS) is 11.8. The monoisotopic (exact) mass is 459 g/mol. The third-order valence-electron chi connectivity index (χ3n) is 5.48. The minimum Gasteiger partial charge on any atom is -0.497 e. The van der Waals surface area contributed by atoms with E-state index in [1.54, 1.807) is 13.2 Å². The number of aromatic nitrogens is 1. The van der Waals surface area contributed by atoms with Crippen LogP contribution < -0.4 is 15.8 Å². The summed E-state index contributed by atoms with van der Waals surface area (Å²) in [6.45, 7) is 0.405. The summed E-state index contributed by atoms with van der Waals surface area (Å²) in [5.41, 5.74) is 9.02. The van der Waals surface area contributed by atoms with E-state index >= 15 is 0 Å². The molecule has 3 aromatic carbocycles. The van der Waals surface area contributed by atoms with Gasteiger partial charge in [-0.05, 0) is 41.5 Å². The van der Waals surface area contributed by atoms with E-state index < -0.39 is 5.91 Å². The number of carbonyl (C=O) groups excluding carboxylic acids is 2. The van der Waals surface area contributed by atoms with Crippen molar-refractivity contribution in [3.05, 3.63) is 95.7 Å². The number of nitrogens with one attached hydrogen (secondary N) is 2. The zero-order valence-electron chi connectivity index (χ0n) is 18.2. The molecule has 2 amide bonds. The van der Waals surface area contributed by atoms with Crippen LogP contribution in [0.15, 0.2) is 83.9 Å². The number of fused-ring (bicyclic) bond motifs is 1. The lowest BCUT2D eigenvalue weighted by atomic mass is 9.90. The maximum atomic E-state index is 13.1. The zero-order chi connectivity index (χ0) is 23.2. The first-order valence-electron chi connectivity index (χ1n) is 10.5. The number of ether oxygens (including phenoxy) is 1. The number of nitrogens with two attached hydrogens (primary N) is 1. The van der Waals surface area contributed by atoms with E-state index in [0.717, 1.165) is 32.7 Å². The number of primary amides is 1. The van der Waals surface area contributed by atoms with E-state index in [9.17, 15) is 9.59 Å². The number of hydrogen-bond acceptors (Lipinski definition) is 4. The minimum absolute atomic E-state index is 0.0681. The zero-order valence-corrected chi connectivity index (χ0v) is 19.0. The standard InChI is InChI=1S/C26H25N3O3S/c1-32-18-12-10-17(11-13-18)21(22-15-28-23-8-4-2-6-19(22)23)14-29-26(31)20-7-3-5-9-24(20)33-16-25(27)30/h2-13,15,21,28H,14,16H2,1H3,(H2,27,30)(H,29,31). The topological polar surface area (TPSA) is 97.2 Å². The molecule has 0 bridgehead atoms. The van der Waals surface area contributed by atoms with Crippen LogP contribution in [-0.4, -0.2) is 36.2 Å². The molecule has 168 valence electrons. The summed E-state index contributed by atoms with van der Waals surface area (Å²) in [5.74, 6) is 0.214. The SMILES string of the molecule is COc1ccc(C(CNC(=O)c2ccccc2SCC(N)=O)c2c[nH]c3ccccc23)cc1. The van der Waals surface area contributed by atoms with Gasteiger partial charge in [0.1, 0.15) is 5.75 Å². The maximum absolute atomic E-state index is 13.1. The number of rotatable bonds is 9. The minimum atomic E-state index is -0.422. The van der Waals surface area contributed by atoms with Gasteiger partial charge in [-0.1, -0.05) is 42.5 Å². The summed E-state index contributed by atoms with van der Waals surface area (Å²) in [6, 6.07) is 23.2. The van der Waals surface area contributed by atoms with Gasteiger partial charge in [0.2, 0.25) is 5.91 Å². The van der Waals surface area contributed by atoms with Gasteiger partial charge in [-0.3, -0.25) is 9.59 Å². The van der Waals surface area contributed by atoms with Gasteiger partial charge in [-0.15, -0.1) is 11.8 Å². The highest BCUT2D eigenvalue weighted by molar-refractivity contribution is 8.00. The third kappa shape index (κ3) is 5.21. The highest BCUT2D eigenvalue weighted by Crippen LogP contribution is 2.31. The lowest BCUT2D eigenvalue weighted by Gasteiger charge is -2.19. The molecule has 0 aliphatic rings. The number of methoxy groups -OCH3 is 1. The number of amides is 2. The number of aromatic amines is 1. The van der Waals surface area contributed by atoms with Crippen molar-refractivity contribution in [2.24, 2.45) is 5.73 Å². The van der Waals surface area contributed by atoms with Gasteiger partial charge in [0, 0.05) is 34.5 Å². The Morgan fingerprint density at radius 2 is 1.76 bits per heavy atom. The first-order chi connectivity index (χ1) is 16.1. The van der Waals surface area contributed by atoms with Crippen LogP contribution in [0.5, 0.6) is 5.75 Å². The Morgan fingerprint density at radius 3 is 2.52 bits per heavy atom. The van der Waals surface area contributed by atoms with E-state index in [0.29, 0.717) is 12.1 Å². The van der Waals surface area contributed by atoms with Crippen LogP contribution in [0.25, 0.3) is 10.9 Å². The van der Waals surface area contributed by atoms with Gasteiger partial charge in [-0.25, -0.2) is 0 Å². The number of benzene rings is 3. The molecule has 1 atom stereocenters. The molecule has 0 aliphatic carbocycles. The van der Waals surface area contributed by atoms with Crippen molar-refractivity contribution in [1.82, 2.24) is 10.3 Å². The molecule has 0 aliphatic heterocycles. The highest BCUT2D eigenvalue weighted by atomic mass is 32.2. The number of H-pyrrole nitrogens is 1. The van der Waals surface area contributed by atoms with Crippen LogP contribution in [0.4, 0.5) is 0 Å². The summed E-state index contributed by atoms with van der Waals surface area (Å²) in [4.78, 5) is 28.4. The molecule has 1 unspecified atom stereocenters. The second-order valence-corrected chi connectivity index (χ2v) is 8.59. The van der Waals surface area contributed by atoms with Crippen LogP contribution in [-0.2, 0) is 4.79 Å². The van der Waals surface area contributed by atoms with Crippen molar-refractivity contribution < 1.29 is 14.3 Å². The van der Waals surface area contributed by atoms with Crippen molar-refractivity contribution in [3.8, 4) is 5.75 Å². The van der Waals surface area contributed by atoms with E-state index in [-0.39, 0.29) is 17.6 Å². The summed E-state index contributed by atoms with van der Waals surface area (Å²) in [6.07, 6.45) is 2.00. The smallest absolute Gasteiger partial charge is 0.252 e. The molecule has 0 fully saturated rings. The second kappa shape index (κ2) is 10.3. The Balaban J connectivity index is 1.61. The molecule has 7 heteroatoms. The second-order valence-electron chi connectivity index (χ2n) is 7.58. The highest BCUT2D eigenvalue weighted by Gasteiger charge is 2.20. The van der Waals surface area contributed by atoms with Gasteiger partial charge in [0.15, 0.2) is 0 Å². The van der Waals surface area contributed by atoms with Gasteiger partial charge in [0.25, 0.3) is 5.91 Å². The average Bonchev–Trinajstić information content (AvgIpc) is 3.27. The van der Waals surface area contributed by atoms with Crippen molar-refractivity contribution in [2.75, 3.05) is 19.4 Å². The largest absolute Gasteiger partial charge is 0.497 e. The van der Waals surface area contributed by atoms with E-state index in [1.165, 1.54) is 11.8 Å². The molecular weight excluding hydrogens is 434 g/mol. The first kappa shape index (κ1) is 22.5. The van der Waals surface area contributed by atoms with Gasteiger partial charge in [0.05, 0.1) is 18.4 Å². The summed E-state index contributed by atoms with van der Waals surface area (Å²) < 4.78 is 5.31. The summed E-state index contributed by atoms with van der Waals surface area (Å²) in [5, 5.41) is 4.21.